The van der Waals surface area contributed by atoms with Gasteiger partial charge in [0.25, 0.3) is 0 Å². The lowest BCUT2D eigenvalue weighted by Gasteiger charge is -2.08. The average molecular weight is 181 g/mol. The predicted octanol–water partition coefficient (Wildman–Crippen LogP) is 2.45. The van der Waals surface area contributed by atoms with Crippen molar-refractivity contribution in [3.8, 4) is 5.75 Å². The van der Waals surface area contributed by atoms with Gasteiger partial charge < -0.3 is 10.5 Å². The molecule has 1 aromatic carbocycles. The summed E-state index contributed by atoms with van der Waals surface area (Å²) in [5.74, 6) is -0.266. The molecule has 0 fully saturated rings. The molecule has 0 aliphatic carbocycles. The Balaban J connectivity index is 3.28. The number of methoxy groups -OCH3 is 1. The molecule has 3 heteroatoms. The van der Waals surface area contributed by atoms with Gasteiger partial charge in [0.05, 0.1) is 7.11 Å². The molecule has 2 nitrogen and oxygen atoms in total. The number of ether oxygens (including phenoxy) is 1. The van der Waals surface area contributed by atoms with E-state index in [-0.39, 0.29) is 5.75 Å². The van der Waals surface area contributed by atoms with Gasteiger partial charge in [0, 0.05) is 17.3 Å². The Labute approximate surface area is 76.8 Å². The zero-order valence-electron chi connectivity index (χ0n) is 7.73. The topological polar surface area (TPSA) is 35.2 Å². The molecule has 1 rings (SSSR count). The molecular formula is C10H12FNO. The van der Waals surface area contributed by atoms with Gasteiger partial charge in [0.15, 0.2) is 11.6 Å². The highest BCUT2D eigenvalue weighted by Crippen LogP contribution is 2.27. The van der Waals surface area contributed by atoms with E-state index >= 15 is 0 Å². The van der Waals surface area contributed by atoms with E-state index in [9.17, 15) is 4.39 Å². The summed E-state index contributed by atoms with van der Waals surface area (Å²) in [6.07, 6.45) is 0. The van der Waals surface area contributed by atoms with Crippen molar-refractivity contribution in [2.75, 3.05) is 12.8 Å². The number of halogens is 1. The van der Waals surface area contributed by atoms with E-state index in [0.717, 1.165) is 5.57 Å². The summed E-state index contributed by atoms with van der Waals surface area (Å²) in [5.41, 5.74) is 7.50. The smallest absolute Gasteiger partial charge is 0.165 e. The summed E-state index contributed by atoms with van der Waals surface area (Å²) in [4.78, 5) is 0. The minimum Gasteiger partial charge on any atom is -0.494 e. The molecule has 0 bridgehead atoms. The number of benzene rings is 1. The van der Waals surface area contributed by atoms with Crippen LogP contribution in [-0.2, 0) is 0 Å². The van der Waals surface area contributed by atoms with Crippen molar-refractivity contribution >= 4 is 11.3 Å². The molecule has 2 N–H and O–H groups in total. The lowest BCUT2D eigenvalue weighted by Crippen LogP contribution is -1.96. The first kappa shape index (κ1) is 9.58. The summed E-state index contributed by atoms with van der Waals surface area (Å²) in [7, 11) is 1.40. The number of nitrogen functional groups attached to an aromatic ring is 1. The molecule has 0 aliphatic rings. The van der Waals surface area contributed by atoms with Crippen molar-refractivity contribution in [1.29, 1.82) is 0 Å². The second-order valence-corrected chi connectivity index (χ2v) is 2.85. The van der Waals surface area contributed by atoms with Gasteiger partial charge in [-0.05, 0) is 18.6 Å². The number of rotatable bonds is 2. The normalized spacial score (nSPS) is 9.77. The van der Waals surface area contributed by atoms with Gasteiger partial charge in [-0.1, -0.05) is 6.58 Å². The van der Waals surface area contributed by atoms with Crippen LogP contribution in [0, 0.1) is 5.82 Å². The zero-order valence-corrected chi connectivity index (χ0v) is 7.73. The van der Waals surface area contributed by atoms with E-state index in [0.29, 0.717) is 11.3 Å². The molecule has 0 aromatic heterocycles. The van der Waals surface area contributed by atoms with E-state index < -0.39 is 5.82 Å². The summed E-state index contributed by atoms with van der Waals surface area (Å²) in [5, 5.41) is 0. The number of nitrogens with two attached hydrogens (primary N) is 1. The van der Waals surface area contributed by atoms with Gasteiger partial charge in [0.2, 0.25) is 0 Å². The molecule has 0 spiro atoms. The third-order valence-corrected chi connectivity index (χ3v) is 1.78. The second kappa shape index (κ2) is 3.47. The van der Waals surface area contributed by atoms with E-state index in [1.807, 2.05) is 0 Å². The Morgan fingerprint density at radius 1 is 1.54 bits per heavy atom. The van der Waals surface area contributed by atoms with E-state index in [1.54, 1.807) is 6.92 Å². The molecule has 1 aromatic rings. The summed E-state index contributed by atoms with van der Waals surface area (Å²) in [6.45, 7) is 5.47. The first-order valence-corrected chi connectivity index (χ1v) is 3.85. The number of hydrogen-bond donors (Lipinski definition) is 1. The van der Waals surface area contributed by atoms with Gasteiger partial charge >= 0.3 is 0 Å². The van der Waals surface area contributed by atoms with Crippen LogP contribution in [0.2, 0.25) is 0 Å². The van der Waals surface area contributed by atoms with E-state index in [2.05, 4.69) is 6.58 Å². The van der Waals surface area contributed by atoms with Crippen molar-refractivity contribution in [3.05, 3.63) is 30.1 Å². The molecule has 70 valence electrons. The summed E-state index contributed by atoms with van der Waals surface area (Å²) in [6, 6.07) is 2.79. The monoisotopic (exact) mass is 181 g/mol. The highest BCUT2D eigenvalue weighted by atomic mass is 19.1. The largest absolute Gasteiger partial charge is 0.494 e. The Morgan fingerprint density at radius 3 is 2.62 bits per heavy atom. The number of anilines is 1. The standard InChI is InChI=1S/C10H12FNO/c1-6(2)7-4-8(11)10(13-3)5-9(7)12/h4-5H,1,12H2,2-3H3. The van der Waals surface area contributed by atoms with Crippen molar-refractivity contribution in [3.63, 3.8) is 0 Å². The molecular weight excluding hydrogens is 169 g/mol. The van der Waals surface area contributed by atoms with E-state index in [1.165, 1.54) is 19.2 Å². The van der Waals surface area contributed by atoms with Crippen LogP contribution in [-0.4, -0.2) is 7.11 Å². The van der Waals surface area contributed by atoms with Crippen LogP contribution in [0.3, 0.4) is 0 Å². The van der Waals surface area contributed by atoms with Crippen LogP contribution in [0.5, 0.6) is 5.75 Å². The van der Waals surface area contributed by atoms with Gasteiger partial charge in [-0.25, -0.2) is 4.39 Å². The first-order chi connectivity index (χ1) is 6.06. The maximum absolute atomic E-state index is 13.2. The van der Waals surface area contributed by atoms with Crippen molar-refractivity contribution in [2.24, 2.45) is 0 Å². The molecule has 0 atom stereocenters. The minimum absolute atomic E-state index is 0.155. The van der Waals surface area contributed by atoms with Gasteiger partial charge in [-0.15, -0.1) is 0 Å². The van der Waals surface area contributed by atoms with Crippen molar-refractivity contribution in [1.82, 2.24) is 0 Å². The predicted molar refractivity (Wildman–Crippen MR) is 52.1 cm³/mol. The van der Waals surface area contributed by atoms with Gasteiger partial charge in [-0.3, -0.25) is 0 Å². The van der Waals surface area contributed by atoms with Crippen LogP contribution >= 0.6 is 0 Å². The number of allylic oxidation sites excluding steroid dienone is 1. The summed E-state index contributed by atoms with van der Waals surface area (Å²) < 4.78 is 17.9. The van der Waals surface area contributed by atoms with Crippen LogP contribution in [0.25, 0.3) is 5.57 Å². The molecule has 0 amide bonds. The van der Waals surface area contributed by atoms with Gasteiger partial charge in [-0.2, -0.15) is 0 Å². The Hall–Kier alpha value is -1.51. The maximum Gasteiger partial charge on any atom is 0.165 e. The van der Waals surface area contributed by atoms with Crippen LogP contribution in [0.15, 0.2) is 18.7 Å². The first-order valence-electron chi connectivity index (χ1n) is 3.85. The molecule has 0 saturated carbocycles. The Morgan fingerprint density at radius 2 is 2.15 bits per heavy atom. The van der Waals surface area contributed by atoms with Gasteiger partial charge in [0.1, 0.15) is 0 Å². The molecule has 0 unspecified atom stereocenters. The summed E-state index contributed by atoms with van der Waals surface area (Å²) >= 11 is 0. The highest BCUT2D eigenvalue weighted by molar-refractivity contribution is 5.73. The maximum atomic E-state index is 13.2. The molecule has 0 radical (unpaired) electrons. The minimum atomic E-state index is -0.422. The number of hydrogen-bond acceptors (Lipinski definition) is 2. The Bertz CT molecular complexity index is 347. The quantitative estimate of drug-likeness (QED) is 0.711. The highest BCUT2D eigenvalue weighted by Gasteiger charge is 2.07. The lowest BCUT2D eigenvalue weighted by molar-refractivity contribution is 0.387. The molecule has 0 saturated heterocycles. The van der Waals surface area contributed by atoms with E-state index in [4.69, 9.17) is 10.5 Å². The Kier molecular flexibility index (Phi) is 2.56. The fourth-order valence-electron chi connectivity index (χ4n) is 1.10. The average Bonchev–Trinajstić information content (AvgIpc) is 2.07. The fourth-order valence-corrected chi connectivity index (χ4v) is 1.10. The lowest BCUT2D eigenvalue weighted by atomic mass is 10.1. The fraction of sp³-hybridized carbons (Fsp3) is 0.200. The third kappa shape index (κ3) is 1.80. The second-order valence-electron chi connectivity index (χ2n) is 2.85. The zero-order chi connectivity index (χ0) is 10.0. The molecule has 0 aliphatic heterocycles. The van der Waals surface area contributed by atoms with Crippen LogP contribution in [0.4, 0.5) is 10.1 Å². The SMILES string of the molecule is C=C(C)c1cc(F)c(OC)cc1N. The van der Waals surface area contributed by atoms with Crippen LogP contribution in [0.1, 0.15) is 12.5 Å². The van der Waals surface area contributed by atoms with Crippen molar-refractivity contribution < 1.29 is 9.13 Å². The van der Waals surface area contributed by atoms with Crippen LogP contribution < -0.4 is 10.5 Å². The molecule has 13 heavy (non-hydrogen) atoms. The third-order valence-electron chi connectivity index (χ3n) is 1.78. The van der Waals surface area contributed by atoms with Crippen molar-refractivity contribution in [2.45, 2.75) is 6.92 Å². The molecule has 0 heterocycles.